The van der Waals surface area contributed by atoms with Crippen LogP contribution in [0.4, 0.5) is 15.3 Å². The van der Waals surface area contributed by atoms with Gasteiger partial charge in [-0.3, -0.25) is 4.79 Å². The summed E-state index contributed by atoms with van der Waals surface area (Å²) in [7, 11) is 0. The predicted molar refractivity (Wildman–Crippen MR) is 108 cm³/mol. The smallest absolute Gasteiger partial charge is 0.424 e. The third-order valence-electron chi connectivity index (χ3n) is 4.51. The van der Waals surface area contributed by atoms with Crippen LogP contribution in [-0.4, -0.2) is 40.8 Å². The van der Waals surface area contributed by atoms with E-state index < -0.39 is 18.1 Å². The summed E-state index contributed by atoms with van der Waals surface area (Å²) in [5.74, 6) is -0.660. The van der Waals surface area contributed by atoms with E-state index >= 15 is 0 Å². The van der Waals surface area contributed by atoms with Gasteiger partial charge >= 0.3 is 12.2 Å². The quantitative estimate of drug-likeness (QED) is 0.674. The first-order chi connectivity index (χ1) is 13.9. The fourth-order valence-corrected chi connectivity index (χ4v) is 2.92. The Morgan fingerprint density at radius 3 is 2.59 bits per heavy atom. The number of nitrogens with two attached hydrogens (primary N) is 1. The molecule has 0 aliphatic rings. The lowest BCUT2D eigenvalue weighted by molar-refractivity contribution is 0.0995. The van der Waals surface area contributed by atoms with E-state index in [1.807, 2.05) is 6.92 Å². The van der Waals surface area contributed by atoms with Crippen LogP contribution in [0.2, 0.25) is 0 Å². The number of aromatic nitrogens is 2. The molecule has 0 spiro atoms. The van der Waals surface area contributed by atoms with E-state index in [1.54, 1.807) is 38.1 Å². The van der Waals surface area contributed by atoms with Crippen LogP contribution < -0.4 is 10.6 Å². The van der Waals surface area contributed by atoms with Crippen molar-refractivity contribution in [2.75, 3.05) is 11.5 Å². The van der Waals surface area contributed by atoms with Crippen molar-refractivity contribution in [2.45, 2.75) is 33.3 Å². The Morgan fingerprint density at radius 1 is 1.17 bits per heavy atom. The van der Waals surface area contributed by atoms with Gasteiger partial charge in [-0.1, -0.05) is 6.92 Å². The number of hydrogen-bond donors (Lipinski definition) is 2. The molecule has 0 aliphatic carbocycles. The molecule has 1 atom stereocenters. The number of rotatable bonds is 5. The number of benzene rings is 1. The fraction of sp³-hybridized carbons (Fsp3) is 0.300. The van der Waals surface area contributed by atoms with E-state index in [0.29, 0.717) is 28.2 Å². The zero-order chi connectivity index (χ0) is 21.1. The van der Waals surface area contributed by atoms with E-state index in [-0.39, 0.29) is 24.1 Å². The largest absolute Gasteiger partial charge is 0.449 e. The number of nitrogens with one attached hydrogen (secondary N) is 1. The van der Waals surface area contributed by atoms with Crippen molar-refractivity contribution in [3.8, 4) is 0 Å². The minimum atomic E-state index is -0.834. The topological polar surface area (TPSA) is 128 Å². The van der Waals surface area contributed by atoms with Gasteiger partial charge in [-0.05, 0) is 44.5 Å². The van der Waals surface area contributed by atoms with E-state index in [4.69, 9.17) is 15.2 Å². The highest BCUT2D eigenvalue weighted by Crippen LogP contribution is 2.31. The van der Waals surface area contributed by atoms with Gasteiger partial charge in [0, 0.05) is 22.5 Å². The molecule has 0 saturated heterocycles. The third kappa shape index (κ3) is 3.84. The van der Waals surface area contributed by atoms with Gasteiger partial charge in [0.1, 0.15) is 6.10 Å². The number of carbonyl (C=O) groups is 3. The summed E-state index contributed by atoms with van der Waals surface area (Å²) < 4.78 is 10.4. The van der Waals surface area contributed by atoms with E-state index in [9.17, 15) is 14.4 Å². The second-order valence-corrected chi connectivity index (χ2v) is 6.44. The van der Waals surface area contributed by atoms with Crippen LogP contribution in [0.1, 0.15) is 37.7 Å². The number of carbonyl (C=O) groups excluding carboxylic acids is 3. The molecule has 1 aromatic carbocycles. The number of amides is 3. The van der Waals surface area contributed by atoms with Crippen LogP contribution in [0.15, 0.2) is 30.5 Å². The number of primary amides is 1. The lowest BCUT2D eigenvalue weighted by Gasteiger charge is -2.21. The Bertz CT molecular complexity index is 1090. The molecular formula is C20H22N4O5. The Kier molecular flexibility index (Phi) is 5.67. The van der Waals surface area contributed by atoms with Crippen molar-refractivity contribution in [2.24, 2.45) is 5.73 Å². The number of fused-ring (bicyclic) bond motifs is 3. The number of pyridine rings is 1. The normalized spacial score (nSPS) is 12.0. The van der Waals surface area contributed by atoms with Crippen LogP contribution in [0.3, 0.4) is 0 Å². The molecule has 2 heterocycles. The summed E-state index contributed by atoms with van der Waals surface area (Å²) in [5.41, 5.74) is 6.97. The second-order valence-electron chi connectivity index (χ2n) is 6.44. The van der Waals surface area contributed by atoms with E-state index in [0.717, 1.165) is 4.90 Å². The molecule has 0 fully saturated rings. The molecule has 0 bridgehead atoms. The van der Waals surface area contributed by atoms with E-state index in [2.05, 4.69) is 9.97 Å². The zero-order valence-electron chi connectivity index (χ0n) is 16.4. The summed E-state index contributed by atoms with van der Waals surface area (Å²) >= 11 is 0. The lowest BCUT2D eigenvalue weighted by atomic mass is 10.1. The number of ether oxygens (including phenoxy) is 2. The monoisotopic (exact) mass is 398 g/mol. The third-order valence-corrected chi connectivity index (χ3v) is 4.51. The molecule has 1 unspecified atom stereocenters. The number of hydrogen-bond acceptors (Lipinski definition) is 6. The number of aromatic amines is 1. The molecule has 3 N–H and O–H groups in total. The summed E-state index contributed by atoms with van der Waals surface area (Å²) in [5, 5.41) is 1.37. The first-order valence-corrected chi connectivity index (χ1v) is 9.25. The molecule has 3 aromatic rings. The lowest BCUT2D eigenvalue weighted by Crippen LogP contribution is -2.39. The highest BCUT2D eigenvalue weighted by Gasteiger charge is 2.28. The van der Waals surface area contributed by atoms with Gasteiger partial charge in [-0.25, -0.2) is 14.6 Å². The first-order valence-electron chi connectivity index (χ1n) is 9.25. The zero-order valence-corrected chi connectivity index (χ0v) is 16.4. The molecule has 0 radical (unpaired) electrons. The molecule has 29 heavy (non-hydrogen) atoms. The van der Waals surface area contributed by atoms with Crippen molar-refractivity contribution < 1.29 is 23.9 Å². The number of anilines is 1. The van der Waals surface area contributed by atoms with Gasteiger partial charge in [0.15, 0.2) is 5.69 Å². The van der Waals surface area contributed by atoms with Crippen molar-refractivity contribution in [1.82, 2.24) is 9.97 Å². The molecular weight excluding hydrogens is 376 g/mol. The fourth-order valence-electron chi connectivity index (χ4n) is 2.92. The molecule has 2 aromatic heterocycles. The Labute approximate surface area is 166 Å². The van der Waals surface area contributed by atoms with Crippen LogP contribution in [0, 0.1) is 0 Å². The maximum Gasteiger partial charge on any atom is 0.424 e. The highest BCUT2D eigenvalue weighted by atomic mass is 16.6. The summed E-state index contributed by atoms with van der Waals surface area (Å²) in [6.45, 7) is 5.36. The highest BCUT2D eigenvalue weighted by molar-refractivity contribution is 6.16. The number of nitrogens with zero attached hydrogens (tertiary/aromatic N) is 2. The average molecular weight is 398 g/mol. The second kappa shape index (κ2) is 8.17. The van der Waals surface area contributed by atoms with Gasteiger partial charge < -0.3 is 20.2 Å². The Hall–Kier alpha value is -3.62. The van der Waals surface area contributed by atoms with Crippen molar-refractivity contribution in [1.29, 1.82) is 0 Å². The average Bonchev–Trinajstić information content (AvgIpc) is 3.06. The Balaban J connectivity index is 2.13. The van der Waals surface area contributed by atoms with Gasteiger partial charge in [-0.2, -0.15) is 4.90 Å². The molecule has 152 valence electrons. The molecule has 0 aliphatic heterocycles. The standard InChI is InChI=1S/C20H22N4O5/c1-4-11(3)29-20(27)24(19(26)28-5-2)12-6-7-15-14(10-12)13-8-9-22-17(18(21)25)16(13)23-15/h6-11,23H,4-5H2,1-3H3,(H2,21,25). The summed E-state index contributed by atoms with van der Waals surface area (Å²) in [6, 6.07) is 6.65. The van der Waals surface area contributed by atoms with Crippen LogP contribution in [0.5, 0.6) is 0 Å². The number of imide groups is 1. The van der Waals surface area contributed by atoms with Gasteiger partial charge in [0.25, 0.3) is 5.91 Å². The molecule has 3 amide bonds. The minimum Gasteiger partial charge on any atom is -0.449 e. The van der Waals surface area contributed by atoms with Gasteiger partial charge in [0.05, 0.1) is 17.8 Å². The molecule has 9 heteroatoms. The van der Waals surface area contributed by atoms with Crippen LogP contribution >= 0.6 is 0 Å². The minimum absolute atomic E-state index is 0.106. The van der Waals surface area contributed by atoms with Gasteiger partial charge in [0.2, 0.25) is 0 Å². The maximum absolute atomic E-state index is 12.6. The summed E-state index contributed by atoms with van der Waals surface area (Å²) in [4.78, 5) is 44.7. The number of H-pyrrole nitrogens is 1. The molecule has 3 rings (SSSR count). The predicted octanol–water partition coefficient (Wildman–Crippen LogP) is 3.71. The molecule has 0 saturated carbocycles. The maximum atomic E-state index is 12.6. The van der Waals surface area contributed by atoms with Crippen LogP contribution in [0.25, 0.3) is 21.8 Å². The molecule has 9 nitrogen and oxygen atoms in total. The first kappa shape index (κ1) is 20.1. The SMILES string of the molecule is CCOC(=O)N(C(=O)OC(C)CC)c1ccc2[nH]c3c(C(N)=O)nccc3c2c1. The van der Waals surface area contributed by atoms with E-state index in [1.165, 1.54) is 6.20 Å². The summed E-state index contributed by atoms with van der Waals surface area (Å²) in [6.07, 6.45) is 0.0616. The van der Waals surface area contributed by atoms with Crippen molar-refractivity contribution >= 4 is 45.6 Å². The van der Waals surface area contributed by atoms with Crippen molar-refractivity contribution in [3.63, 3.8) is 0 Å². The Morgan fingerprint density at radius 2 is 1.93 bits per heavy atom. The van der Waals surface area contributed by atoms with Crippen LogP contribution in [-0.2, 0) is 9.47 Å². The van der Waals surface area contributed by atoms with Crippen molar-refractivity contribution in [3.05, 3.63) is 36.2 Å². The van der Waals surface area contributed by atoms with Gasteiger partial charge in [-0.15, -0.1) is 0 Å².